The Kier molecular flexibility index (Phi) is 4.18. The fraction of sp³-hybridized carbons (Fsp3) is 0.467. The van der Waals surface area contributed by atoms with Gasteiger partial charge in [-0.1, -0.05) is 18.1 Å². The molecular formula is C15H19N3O. The Labute approximate surface area is 114 Å². The SMILES string of the molecule is Cc1cc(C#N)ccc1CN1CC/C(=N\O)C(C)C1. The van der Waals surface area contributed by atoms with E-state index < -0.39 is 0 Å². The molecule has 0 spiro atoms. The molecule has 0 aromatic heterocycles. The minimum absolute atomic E-state index is 0.303. The van der Waals surface area contributed by atoms with Gasteiger partial charge < -0.3 is 5.21 Å². The predicted octanol–water partition coefficient (Wildman–Crippen LogP) is 2.54. The zero-order chi connectivity index (χ0) is 13.8. The smallest absolute Gasteiger partial charge is 0.0991 e. The number of hydrogen-bond acceptors (Lipinski definition) is 4. The molecule has 100 valence electrons. The summed E-state index contributed by atoms with van der Waals surface area (Å²) in [6.07, 6.45) is 0.826. The summed E-state index contributed by atoms with van der Waals surface area (Å²) in [5, 5.41) is 21.1. The summed E-state index contributed by atoms with van der Waals surface area (Å²) in [6, 6.07) is 8.00. The molecule has 1 N–H and O–H groups in total. The predicted molar refractivity (Wildman–Crippen MR) is 74.2 cm³/mol. The van der Waals surface area contributed by atoms with Gasteiger partial charge in [-0.3, -0.25) is 4.90 Å². The average molecular weight is 257 g/mol. The van der Waals surface area contributed by atoms with Crippen molar-refractivity contribution in [3.63, 3.8) is 0 Å². The number of piperidine rings is 1. The third-order valence-corrected chi connectivity index (χ3v) is 3.78. The van der Waals surface area contributed by atoms with Gasteiger partial charge in [0.2, 0.25) is 0 Å². The molecule has 0 saturated carbocycles. The molecule has 4 heteroatoms. The van der Waals surface area contributed by atoms with Crippen molar-refractivity contribution in [2.24, 2.45) is 11.1 Å². The van der Waals surface area contributed by atoms with E-state index in [-0.39, 0.29) is 0 Å². The lowest BCUT2D eigenvalue weighted by molar-refractivity contribution is 0.228. The van der Waals surface area contributed by atoms with Crippen LogP contribution >= 0.6 is 0 Å². The van der Waals surface area contributed by atoms with E-state index in [0.29, 0.717) is 11.5 Å². The maximum absolute atomic E-state index is 8.88. The fourth-order valence-electron chi connectivity index (χ4n) is 2.58. The fourth-order valence-corrected chi connectivity index (χ4v) is 2.58. The number of nitriles is 1. The van der Waals surface area contributed by atoms with Gasteiger partial charge in [-0.25, -0.2) is 0 Å². The van der Waals surface area contributed by atoms with Crippen molar-refractivity contribution in [1.82, 2.24) is 4.90 Å². The van der Waals surface area contributed by atoms with Crippen LogP contribution in [0.5, 0.6) is 0 Å². The van der Waals surface area contributed by atoms with Crippen molar-refractivity contribution in [3.05, 3.63) is 34.9 Å². The molecule has 0 amide bonds. The monoisotopic (exact) mass is 257 g/mol. The standard InChI is InChI=1S/C15H19N3O/c1-11-7-13(8-16)3-4-14(11)10-18-6-5-15(17-19)12(2)9-18/h3-4,7,12,19H,5-6,9-10H2,1-2H3/b17-15+. The van der Waals surface area contributed by atoms with E-state index in [2.05, 4.69) is 23.0 Å². The van der Waals surface area contributed by atoms with Gasteiger partial charge in [0.25, 0.3) is 0 Å². The number of oxime groups is 1. The molecule has 2 rings (SSSR count). The van der Waals surface area contributed by atoms with Crippen molar-refractivity contribution in [2.45, 2.75) is 26.8 Å². The third-order valence-electron chi connectivity index (χ3n) is 3.78. The molecular weight excluding hydrogens is 238 g/mol. The van der Waals surface area contributed by atoms with Gasteiger partial charge >= 0.3 is 0 Å². The van der Waals surface area contributed by atoms with Crippen LogP contribution in [0.3, 0.4) is 0 Å². The maximum Gasteiger partial charge on any atom is 0.0991 e. The molecule has 1 unspecified atom stereocenters. The topological polar surface area (TPSA) is 59.6 Å². The molecule has 1 aliphatic rings. The number of benzene rings is 1. The van der Waals surface area contributed by atoms with Crippen LogP contribution in [-0.4, -0.2) is 28.9 Å². The van der Waals surface area contributed by atoms with E-state index in [0.717, 1.165) is 37.3 Å². The maximum atomic E-state index is 8.88. The minimum Gasteiger partial charge on any atom is -0.411 e. The summed E-state index contributed by atoms with van der Waals surface area (Å²) >= 11 is 0. The van der Waals surface area contributed by atoms with Crippen LogP contribution in [0.2, 0.25) is 0 Å². The van der Waals surface area contributed by atoms with E-state index >= 15 is 0 Å². The zero-order valence-corrected chi connectivity index (χ0v) is 11.4. The van der Waals surface area contributed by atoms with Crippen molar-refractivity contribution in [1.29, 1.82) is 5.26 Å². The zero-order valence-electron chi connectivity index (χ0n) is 11.4. The second-order valence-corrected chi connectivity index (χ2v) is 5.23. The Morgan fingerprint density at radius 3 is 2.89 bits per heavy atom. The summed E-state index contributed by atoms with van der Waals surface area (Å²) in [5.74, 6) is 0.303. The van der Waals surface area contributed by atoms with Gasteiger partial charge in [-0.15, -0.1) is 0 Å². The first kappa shape index (κ1) is 13.6. The molecule has 1 aromatic carbocycles. The Balaban J connectivity index is 2.05. The molecule has 1 atom stereocenters. The number of rotatable bonds is 2. The van der Waals surface area contributed by atoms with E-state index in [1.54, 1.807) is 0 Å². The first-order valence-corrected chi connectivity index (χ1v) is 6.57. The van der Waals surface area contributed by atoms with Crippen LogP contribution in [0.25, 0.3) is 0 Å². The summed E-state index contributed by atoms with van der Waals surface area (Å²) in [6.45, 7) is 6.86. The highest BCUT2D eigenvalue weighted by molar-refractivity contribution is 5.86. The lowest BCUT2D eigenvalue weighted by Crippen LogP contribution is -2.39. The van der Waals surface area contributed by atoms with Crippen LogP contribution in [0.4, 0.5) is 0 Å². The van der Waals surface area contributed by atoms with Gasteiger partial charge in [-0.2, -0.15) is 5.26 Å². The summed E-state index contributed by atoms with van der Waals surface area (Å²) in [4.78, 5) is 2.37. The van der Waals surface area contributed by atoms with Crippen molar-refractivity contribution in [3.8, 4) is 6.07 Å². The van der Waals surface area contributed by atoms with Gasteiger partial charge in [0.1, 0.15) is 0 Å². The largest absolute Gasteiger partial charge is 0.411 e. The van der Waals surface area contributed by atoms with Crippen molar-refractivity contribution < 1.29 is 5.21 Å². The van der Waals surface area contributed by atoms with E-state index in [1.807, 2.05) is 25.1 Å². The van der Waals surface area contributed by atoms with E-state index in [4.69, 9.17) is 10.5 Å². The highest BCUT2D eigenvalue weighted by Crippen LogP contribution is 2.18. The Hall–Kier alpha value is -1.86. The lowest BCUT2D eigenvalue weighted by atomic mass is 9.96. The van der Waals surface area contributed by atoms with Crippen LogP contribution in [0.15, 0.2) is 23.4 Å². The molecule has 0 aliphatic carbocycles. The quantitative estimate of drug-likeness (QED) is 0.654. The van der Waals surface area contributed by atoms with E-state index in [9.17, 15) is 0 Å². The summed E-state index contributed by atoms with van der Waals surface area (Å²) in [7, 11) is 0. The normalized spacial score (nSPS) is 22.4. The molecule has 1 fully saturated rings. The van der Waals surface area contributed by atoms with Crippen LogP contribution in [0.1, 0.15) is 30.0 Å². The molecule has 0 radical (unpaired) electrons. The summed E-state index contributed by atoms with van der Waals surface area (Å²) < 4.78 is 0. The van der Waals surface area contributed by atoms with Crippen molar-refractivity contribution in [2.75, 3.05) is 13.1 Å². The first-order chi connectivity index (χ1) is 9.13. The second-order valence-electron chi connectivity index (χ2n) is 5.23. The molecule has 1 saturated heterocycles. The van der Waals surface area contributed by atoms with Gasteiger partial charge in [-0.05, 0) is 30.2 Å². The Morgan fingerprint density at radius 2 is 2.32 bits per heavy atom. The number of likely N-dealkylation sites (tertiary alicyclic amines) is 1. The highest BCUT2D eigenvalue weighted by Gasteiger charge is 2.22. The molecule has 19 heavy (non-hydrogen) atoms. The van der Waals surface area contributed by atoms with E-state index in [1.165, 1.54) is 5.56 Å². The van der Waals surface area contributed by atoms with Gasteiger partial charge in [0, 0.05) is 32.0 Å². The summed E-state index contributed by atoms with van der Waals surface area (Å²) in [5.41, 5.74) is 4.03. The average Bonchev–Trinajstić information content (AvgIpc) is 2.41. The molecule has 1 aliphatic heterocycles. The van der Waals surface area contributed by atoms with Gasteiger partial charge in [0.15, 0.2) is 0 Å². The first-order valence-electron chi connectivity index (χ1n) is 6.57. The van der Waals surface area contributed by atoms with Crippen LogP contribution in [0, 0.1) is 24.2 Å². The molecule has 0 bridgehead atoms. The van der Waals surface area contributed by atoms with Crippen LogP contribution < -0.4 is 0 Å². The van der Waals surface area contributed by atoms with Crippen molar-refractivity contribution >= 4 is 5.71 Å². The number of aryl methyl sites for hydroxylation is 1. The van der Waals surface area contributed by atoms with Gasteiger partial charge in [0.05, 0.1) is 17.3 Å². The Morgan fingerprint density at radius 1 is 1.53 bits per heavy atom. The second kappa shape index (κ2) is 5.85. The highest BCUT2D eigenvalue weighted by atomic mass is 16.4. The lowest BCUT2D eigenvalue weighted by Gasteiger charge is -2.31. The minimum atomic E-state index is 0.303. The molecule has 4 nitrogen and oxygen atoms in total. The Bertz CT molecular complexity index is 531. The molecule has 1 aromatic rings. The third kappa shape index (κ3) is 3.12. The number of hydrogen-bond donors (Lipinski definition) is 1. The molecule has 1 heterocycles. The number of nitrogens with zero attached hydrogens (tertiary/aromatic N) is 3. The van der Waals surface area contributed by atoms with Crippen LogP contribution in [-0.2, 0) is 6.54 Å².